The monoisotopic (exact) mass is 268 g/mol. The van der Waals surface area contributed by atoms with Gasteiger partial charge in [-0.05, 0) is 50.1 Å². The topological polar surface area (TPSA) is 15.3 Å². The van der Waals surface area contributed by atoms with Crippen molar-refractivity contribution in [3.05, 3.63) is 0 Å². The van der Waals surface area contributed by atoms with Crippen molar-refractivity contribution in [2.24, 2.45) is 17.3 Å². The average Bonchev–Trinajstić information content (AvgIpc) is 2.22. The number of rotatable bonds is 5. The Morgan fingerprint density at radius 3 is 2.32 bits per heavy atom. The first-order chi connectivity index (χ1) is 8.74. The first-order valence-electron chi connectivity index (χ1n) is 8.18. The highest BCUT2D eigenvalue weighted by atomic mass is 15.2. The summed E-state index contributed by atoms with van der Waals surface area (Å²) in [5.41, 5.74) is 0.382. The van der Waals surface area contributed by atoms with Gasteiger partial charge in [0.05, 0.1) is 0 Å². The first-order valence-corrected chi connectivity index (χ1v) is 8.18. The van der Waals surface area contributed by atoms with E-state index in [0.29, 0.717) is 17.5 Å². The third-order valence-corrected chi connectivity index (χ3v) is 4.31. The molecule has 114 valence electrons. The van der Waals surface area contributed by atoms with E-state index >= 15 is 0 Å². The van der Waals surface area contributed by atoms with Gasteiger partial charge < -0.3 is 10.2 Å². The zero-order valence-electron chi connectivity index (χ0n) is 14.3. The van der Waals surface area contributed by atoms with Gasteiger partial charge in [-0.25, -0.2) is 0 Å². The maximum absolute atomic E-state index is 3.81. The van der Waals surface area contributed by atoms with Crippen LogP contribution in [0, 0.1) is 17.3 Å². The van der Waals surface area contributed by atoms with Crippen molar-refractivity contribution in [3.8, 4) is 0 Å². The fraction of sp³-hybridized carbons (Fsp3) is 1.00. The number of hydrogen-bond acceptors (Lipinski definition) is 2. The van der Waals surface area contributed by atoms with Crippen LogP contribution in [0.1, 0.15) is 60.8 Å². The predicted octanol–water partition coefficient (Wildman–Crippen LogP) is 3.77. The van der Waals surface area contributed by atoms with Crippen LogP contribution < -0.4 is 5.32 Å². The fourth-order valence-corrected chi connectivity index (χ4v) is 3.97. The largest absolute Gasteiger partial charge is 0.312 e. The molecule has 1 fully saturated rings. The highest BCUT2D eigenvalue weighted by Crippen LogP contribution is 2.33. The van der Waals surface area contributed by atoms with E-state index in [9.17, 15) is 0 Å². The zero-order valence-corrected chi connectivity index (χ0v) is 14.3. The predicted molar refractivity (Wildman–Crippen MR) is 85.5 cm³/mol. The van der Waals surface area contributed by atoms with Crippen molar-refractivity contribution in [1.82, 2.24) is 10.2 Å². The lowest BCUT2D eigenvalue weighted by Crippen LogP contribution is -2.56. The number of nitrogens with one attached hydrogen (secondary N) is 1. The van der Waals surface area contributed by atoms with Crippen LogP contribution in [0.2, 0.25) is 0 Å². The van der Waals surface area contributed by atoms with Gasteiger partial charge in [-0.15, -0.1) is 0 Å². The van der Waals surface area contributed by atoms with Gasteiger partial charge in [0.1, 0.15) is 0 Å². The second-order valence-corrected chi connectivity index (χ2v) is 8.08. The molecular formula is C17H36N2. The summed E-state index contributed by atoms with van der Waals surface area (Å²) < 4.78 is 0. The maximum Gasteiger partial charge on any atom is 0.0272 e. The molecule has 4 unspecified atom stereocenters. The summed E-state index contributed by atoms with van der Waals surface area (Å²) in [7, 11) is 2.32. The van der Waals surface area contributed by atoms with Crippen LogP contribution in [0.5, 0.6) is 0 Å². The molecule has 1 rings (SSSR count). The van der Waals surface area contributed by atoms with E-state index in [2.05, 4.69) is 58.8 Å². The van der Waals surface area contributed by atoms with Crippen LogP contribution in [-0.2, 0) is 0 Å². The first kappa shape index (κ1) is 17.0. The van der Waals surface area contributed by atoms with Crippen LogP contribution in [0.4, 0.5) is 0 Å². The molecule has 1 N–H and O–H groups in total. The van der Waals surface area contributed by atoms with Crippen molar-refractivity contribution in [1.29, 1.82) is 0 Å². The second-order valence-electron chi connectivity index (χ2n) is 8.08. The summed E-state index contributed by atoms with van der Waals surface area (Å²) in [6.07, 6.45) is 3.95. The van der Waals surface area contributed by atoms with Gasteiger partial charge in [0.25, 0.3) is 0 Å². The van der Waals surface area contributed by atoms with E-state index in [1.165, 1.54) is 25.8 Å². The Balaban J connectivity index is 2.72. The lowest BCUT2D eigenvalue weighted by atomic mass is 9.75. The van der Waals surface area contributed by atoms with Gasteiger partial charge in [0, 0.05) is 18.6 Å². The van der Waals surface area contributed by atoms with E-state index in [4.69, 9.17) is 0 Å². The Bertz CT molecular complexity index is 256. The zero-order chi connectivity index (χ0) is 14.6. The molecule has 0 spiro atoms. The third kappa shape index (κ3) is 5.43. The standard InChI is InChI=1S/C17H36N2/c1-8-9-18-15-11-13(2)10-14(3)16(15)19(7)12-17(4,5)6/h13-16,18H,8-12H2,1-7H3. The molecule has 2 heteroatoms. The molecule has 0 heterocycles. The van der Waals surface area contributed by atoms with Crippen molar-refractivity contribution >= 4 is 0 Å². The number of nitrogens with zero attached hydrogens (tertiary/aromatic N) is 1. The van der Waals surface area contributed by atoms with Gasteiger partial charge in [-0.1, -0.05) is 41.5 Å². The third-order valence-electron chi connectivity index (χ3n) is 4.31. The van der Waals surface area contributed by atoms with Crippen LogP contribution in [0.25, 0.3) is 0 Å². The summed E-state index contributed by atoms with van der Waals surface area (Å²) in [6.45, 7) is 16.5. The van der Waals surface area contributed by atoms with E-state index < -0.39 is 0 Å². The summed E-state index contributed by atoms with van der Waals surface area (Å²) >= 11 is 0. The van der Waals surface area contributed by atoms with Crippen LogP contribution >= 0.6 is 0 Å². The molecule has 0 amide bonds. The summed E-state index contributed by atoms with van der Waals surface area (Å²) in [6, 6.07) is 1.37. The molecule has 1 aliphatic rings. The van der Waals surface area contributed by atoms with Gasteiger partial charge in [0.15, 0.2) is 0 Å². The highest BCUT2D eigenvalue weighted by Gasteiger charge is 2.36. The van der Waals surface area contributed by atoms with E-state index in [1.54, 1.807) is 0 Å². The molecule has 0 aromatic rings. The van der Waals surface area contributed by atoms with Gasteiger partial charge in [-0.2, -0.15) is 0 Å². The summed E-state index contributed by atoms with van der Waals surface area (Å²) in [4.78, 5) is 2.61. The summed E-state index contributed by atoms with van der Waals surface area (Å²) in [5.74, 6) is 1.66. The normalized spacial score (nSPS) is 32.8. The Kier molecular flexibility index (Phi) is 6.32. The van der Waals surface area contributed by atoms with E-state index in [-0.39, 0.29) is 0 Å². The Hall–Kier alpha value is -0.0800. The Morgan fingerprint density at radius 1 is 1.16 bits per heavy atom. The van der Waals surface area contributed by atoms with Gasteiger partial charge in [-0.3, -0.25) is 0 Å². The van der Waals surface area contributed by atoms with Gasteiger partial charge >= 0.3 is 0 Å². The van der Waals surface area contributed by atoms with Crippen LogP contribution in [0.15, 0.2) is 0 Å². The van der Waals surface area contributed by atoms with Gasteiger partial charge in [0.2, 0.25) is 0 Å². The van der Waals surface area contributed by atoms with Crippen LogP contribution in [-0.4, -0.2) is 37.1 Å². The maximum atomic E-state index is 3.81. The minimum atomic E-state index is 0.382. The quantitative estimate of drug-likeness (QED) is 0.816. The molecule has 0 aliphatic heterocycles. The molecule has 0 aromatic heterocycles. The second kappa shape index (κ2) is 7.08. The molecule has 2 nitrogen and oxygen atoms in total. The molecule has 0 radical (unpaired) electrons. The number of hydrogen-bond donors (Lipinski definition) is 1. The fourth-order valence-electron chi connectivity index (χ4n) is 3.97. The SMILES string of the molecule is CCCNC1CC(C)CC(C)C1N(C)CC(C)(C)C. The van der Waals surface area contributed by atoms with Crippen LogP contribution in [0.3, 0.4) is 0 Å². The molecule has 1 saturated carbocycles. The van der Waals surface area contributed by atoms with Crippen molar-refractivity contribution in [3.63, 3.8) is 0 Å². The molecule has 4 atom stereocenters. The lowest BCUT2D eigenvalue weighted by Gasteiger charge is -2.46. The van der Waals surface area contributed by atoms with Crippen molar-refractivity contribution < 1.29 is 0 Å². The molecule has 0 saturated heterocycles. The molecule has 0 aromatic carbocycles. The molecule has 1 aliphatic carbocycles. The van der Waals surface area contributed by atoms with E-state index in [0.717, 1.165) is 18.4 Å². The highest BCUT2D eigenvalue weighted by molar-refractivity contribution is 4.93. The van der Waals surface area contributed by atoms with Crippen molar-refractivity contribution in [2.75, 3.05) is 20.1 Å². The summed E-state index contributed by atoms with van der Waals surface area (Å²) in [5, 5.41) is 3.81. The Morgan fingerprint density at radius 2 is 1.79 bits per heavy atom. The van der Waals surface area contributed by atoms with E-state index in [1.807, 2.05) is 0 Å². The molecular weight excluding hydrogens is 232 g/mol. The lowest BCUT2D eigenvalue weighted by molar-refractivity contribution is 0.0583. The minimum absolute atomic E-state index is 0.382. The smallest absolute Gasteiger partial charge is 0.0272 e. The van der Waals surface area contributed by atoms with Crippen molar-refractivity contribution in [2.45, 2.75) is 72.9 Å². The Labute approximate surface area is 121 Å². The molecule has 0 bridgehead atoms. The minimum Gasteiger partial charge on any atom is -0.312 e. The average molecular weight is 268 g/mol. The molecule has 19 heavy (non-hydrogen) atoms. The number of likely N-dealkylation sites (N-methyl/N-ethyl adjacent to an activating group) is 1.